The first-order valence-corrected chi connectivity index (χ1v) is 3.77. The summed E-state index contributed by atoms with van der Waals surface area (Å²) in [5.41, 5.74) is 4.88. The average molecular weight is 185 g/mol. The Bertz CT molecular complexity index is 229. The number of carbonyl (C=O) groups excluding carboxylic acids is 1. The lowest BCUT2D eigenvalue weighted by molar-refractivity contribution is -0.116. The zero-order chi connectivity index (χ0) is 9.40. The second kappa shape index (κ2) is 6.43. The summed E-state index contributed by atoms with van der Waals surface area (Å²) in [7, 11) is 0. The van der Waals surface area contributed by atoms with Crippen LogP contribution in [0.25, 0.3) is 0 Å². The Morgan fingerprint density at radius 2 is 2.25 bits per heavy atom. The Kier molecular flexibility index (Phi) is 5.75. The van der Waals surface area contributed by atoms with Gasteiger partial charge in [-0.3, -0.25) is 4.79 Å². The summed E-state index contributed by atoms with van der Waals surface area (Å²) < 4.78 is 0. The van der Waals surface area contributed by atoms with Crippen LogP contribution in [0, 0.1) is 11.8 Å². The standard InChI is InChI=1S/C7H11N3OS/c1-2-3-4-9-7(12)10-5-6(8)11/h4-5H2,1H3,(H2,8,11)(H2,9,10,12). The van der Waals surface area contributed by atoms with Crippen LogP contribution < -0.4 is 16.4 Å². The van der Waals surface area contributed by atoms with Crippen LogP contribution in [0.3, 0.4) is 0 Å². The molecule has 0 radical (unpaired) electrons. The highest BCUT2D eigenvalue weighted by Crippen LogP contribution is 1.65. The third-order valence-corrected chi connectivity index (χ3v) is 1.23. The number of nitrogens with two attached hydrogens (primary N) is 1. The number of rotatable bonds is 3. The second-order valence-corrected chi connectivity index (χ2v) is 2.34. The quantitative estimate of drug-likeness (QED) is 0.388. The van der Waals surface area contributed by atoms with Crippen LogP contribution >= 0.6 is 12.2 Å². The van der Waals surface area contributed by atoms with Crippen molar-refractivity contribution < 1.29 is 4.79 Å². The number of carbonyl (C=O) groups is 1. The van der Waals surface area contributed by atoms with Gasteiger partial charge in [-0.2, -0.15) is 0 Å². The molecule has 5 heteroatoms. The number of hydrogen-bond acceptors (Lipinski definition) is 2. The highest BCUT2D eigenvalue weighted by Gasteiger charge is 1.94. The maximum absolute atomic E-state index is 10.3. The summed E-state index contributed by atoms with van der Waals surface area (Å²) >= 11 is 4.79. The fourth-order valence-electron chi connectivity index (χ4n) is 0.443. The molecule has 0 aromatic heterocycles. The first-order chi connectivity index (χ1) is 5.66. The predicted molar refractivity (Wildman–Crippen MR) is 51.2 cm³/mol. The first-order valence-electron chi connectivity index (χ1n) is 3.36. The third-order valence-electron chi connectivity index (χ3n) is 0.937. The van der Waals surface area contributed by atoms with Crippen molar-refractivity contribution in [3.63, 3.8) is 0 Å². The SMILES string of the molecule is CC#CCNC(=S)NCC(N)=O. The van der Waals surface area contributed by atoms with Crippen molar-refractivity contribution in [1.82, 2.24) is 10.6 Å². The Labute approximate surface area is 76.9 Å². The zero-order valence-electron chi connectivity index (χ0n) is 6.81. The van der Waals surface area contributed by atoms with Gasteiger partial charge in [0.2, 0.25) is 5.91 Å². The number of primary amides is 1. The molecule has 0 aliphatic carbocycles. The van der Waals surface area contributed by atoms with Crippen molar-refractivity contribution >= 4 is 23.2 Å². The summed E-state index contributed by atoms with van der Waals surface area (Å²) in [4.78, 5) is 10.3. The minimum Gasteiger partial charge on any atom is -0.368 e. The van der Waals surface area contributed by atoms with E-state index in [1.54, 1.807) is 6.92 Å². The molecule has 0 heterocycles. The van der Waals surface area contributed by atoms with Gasteiger partial charge in [-0.05, 0) is 19.1 Å². The number of amides is 1. The molecule has 0 spiro atoms. The highest BCUT2D eigenvalue weighted by molar-refractivity contribution is 7.80. The van der Waals surface area contributed by atoms with Gasteiger partial charge in [-0.1, -0.05) is 5.92 Å². The van der Waals surface area contributed by atoms with Gasteiger partial charge in [0.05, 0.1) is 13.1 Å². The van der Waals surface area contributed by atoms with Crippen molar-refractivity contribution in [3.05, 3.63) is 0 Å². The van der Waals surface area contributed by atoms with E-state index in [1.807, 2.05) is 0 Å². The van der Waals surface area contributed by atoms with Crippen molar-refractivity contribution in [2.24, 2.45) is 5.73 Å². The van der Waals surface area contributed by atoms with E-state index in [0.29, 0.717) is 11.7 Å². The molecule has 0 saturated carbocycles. The monoisotopic (exact) mass is 185 g/mol. The molecule has 0 unspecified atom stereocenters. The Morgan fingerprint density at radius 3 is 2.75 bits per heavy atom. The van der Waals surface area contributed by atoms with E-state index in [1.165, 1.54) is 0 Å². The average Bonchev–Trinajstić information content (AvgIpc) is 2.01. The van der Waals surface area contributed by atoms with E-state index < -0.39 is 5.91 Å². The van der Waals surface area contributed by atoms with Crippen LogP contribution in [-0.4, -0.2) is 24.1 Å². The molecule has 66 valence electrons. The molecule has 0 fully saturated rings. The van der Waals surface area contributed by atoms with Crippen LogP contribution in [0.2, 0.25) is 0 Å². The van der Waals surface area contributed by atoms with Crippen molar-refractivity contribution in [3.8, 4) is 11.8 Å². The molecule has 0 aromatic carbocycles. The fourth-order valence-corrected chi connectivity index (χ4v) is 0.587. The number of hydrogen-bond donors (Lipinski definition) is 3. The molecule has 0 aromatic rings. The lowest BCUT2D eigenvalue weighted by Crippen LogP contribution is -2.40. The summed E-state index contributed by atoms with van der Waals surface area (Å²) in [5, 5.41) is 5.78. The van der Waals surface area contributed by atoms with Crippen LogP contribution in [0.4, 0.5) is 0 Å². The van der Waals surface area contributed by atoms with Crippen LogP contribution in [0.15, 0.2) is 0 Å². The lowest BCUT2D eigenvalue weighted by Gasteiger charge is -2.04. The van der Waals surface area contributed by atoms with Gasteiger partial charge in [-0.15, -0.1) is 5.92 Å². The smallest absolute Gasteiger partial charge is 0.236 e. The fraction of sp³-hybridized carbons (Fsp3) is 0.429. The Balaban J connectivity index is 3.44. The van der Waals surface area contributed by atoms with E-state index in [9.17, 15) is 4.79 Å². The molecule has 0 aliphatic heterocycles. The Hall–Kier alpha value is -1.28. The zero-order valence-corrected chi connectivity index (χ0v) is 7.62. The molecule has 12 heavy (non-hydrogen) atoms. The molecule has 4 N–H and O–H groups in total. The van der Waals surface area contributed by atoms with Crippen LogP contribution in [0.1, 0.15) is 6.92 Å². The molecule has 0 rings (SSSR count). The summed E-state index contributed by atoms with van der Waals surface area (Å²) in [6.45, 7) is 2.26. The molecule has 4 nitrogen and oxygen atoms in total. The predicted octanol–water partition coefficient (Wildman–Crippen LogP) is -1.04. The van der Waals surface area contributed by atoms with Gasteiger partial charge in [0.25, 0.3) is 0 Å². The van der Waals surface area contributed by atoms with Crippen LogP contribution in [0.5, 0.6) is 0 Å². The minimum atomic E-state index is -0.444. The molecule has 0 saturated heterocycles. The van der Waals surface area contributed by atoms with Gasteiger partial charge in [-0.25, -0.2) is 0 Å². The maximum Gasteiger partial charge on any atom is 0.236 e. The van der Waals surface area contributed by atoms with E-state index in [0.717, 1.165) is 0 Å². The minimum absolute atomic E-state index is 0.0470. The molecule has 1 amide bonds. The summed E-state index contributed by atoms with van der Waals surface area (Å²) in [6.07, 6.45) is 0. The molecule has 0 aliphatic rings. The van der Waals surface area contributed by atoms with E-state index in [4.69, 9.17) is 18.0 Å². The van der Waals surface area contributed by atoms with Gasteiger partial charge >= 0.3 is 0 Å². The molecular weight excluding hydrogens is 174 g/mol. The topological polar surface area (TPSA) is 67.2 Å². The van der Waals surface area contributed by atoms with Gasteiger partial charge < -0.3 is 16.4 Å². The van der Waals surface area contributed by atoms with E-state index in [-0.39, 0.29) is 6.54 Å². The van der Waals surface area contributed by atoms with Crippen molar-refractivity contribution in [2.75, 3.05) is 13.1 Å². The largest absolute Gasteiger partial charge is 0.368 e. The lowest BCUT2D eigenvalue weighted by atomic mass is 10.6. The highest BCUT2D eigenvalue weighted by atomic mass is 32.1. The van der Waals surface area contributed by atoms with Gasteiger partial charge in [0.1, 0.15) is 0 Å². The van der Waals surface area contributed by atoms with Gasteiger partial charge in [0.15, 0.2) is 5.11 Å². The van der Waals surface area contributed by atoms with Gasteiger partial charge in [0, 0.05) is 0 Å². The normalized spacial score (nSPS) is 7.75. The number of nitrogens with one attached hydrogen (secondary N) is 2. The molecular formula is C7H11N3OS. The van der Waals surface area contributed by atoms with Crippen molar-refractivity contribution in [2.45, 2.75) is 6.92 Å². The van der Waals surface area contributed by atoms with E-state index >= 15 is 0 Å². The summed E-state index contributed by atoms with van der Waals surface area (Å²) in [6, 6.07) is 0. The van der Waals surface area contributed by atoms with Crippen molar-refractivity contribution in [1.29, 1.82) is 0 Å². The Morgan fingerprint density at radius 1 is 1.58 bits per heavy atom. The molecule has 0 atom stereocenters. The summed E-state index contributed by atoms with van der Waals surface area (Å²) in [5.74, 6) is 5.01. The molecule has 0 bridgehead atoms. The van der Waals surface area contributed by atoms with Crippen LogP contribution in [-0.2, 0) is 4.79 Å². The number of thiocarbonyl (C=S) groups is 1. The first kappa shape index (κ1) is 10.7. The maximum atomic E-state index is 10.3. The second-order valence-electron chi connectivity index (χ2n) is 1.93. The third kappa shape index (κ3) is 6.83. The van der Waals surface area contributed by atoms with E-state index in [2.05, 4.69) is 22.5 Å².